The molecule has 0 aliphatic carbocycles. The molecule has 0 saturated heterocycles. The van der Waals surface area contributed by atoms with Crippen LogP contribution in [0.3, 0.4) is 0 Å². The average molecular weight is 315 g/mol. The molecular formula is C21H17NO2. The molecule has 0 radical (unpaired) electrons. The van der Waals surface area contributed by atoms with Gasteiger partial charge in [0, 0.05) is 23.5 Å². The van der Waals surface area contributed by atoms with E-state index in [-0.39, 0.29) is 5.78 Å². The minimum absolute atomic E-state index is 0.0368. The van der Waals surface area contributed by atoms with Gasteiger partial charge in [-0.05, 0) is 35.4 Å². The molecule has 0 unspecified atom stereocenters. The van der Waals surface area contributed by atoms with Crippen molar-refractivity contribution in [1.82, 2.24) is 4.98 Å². The lowest BCUT2D eigenvalue weighted by Crippen LogP contribution is -1.97. The molecule has 0 fully saturated rings. The Bertz CT molecular complexity index is 853. The van der Waals surface area contributed by atoms with E-state index in [1.807, 2.05) is 66.7 Å². The monoisotopic (exact) mass is 315 g/mol. The van der Waals surface area contributed by atoms with Gasteiger partial charge in [0.15, 0.2) is 5.78 Å². The van der Waals surface area contributed by atoms with E-state index in [1.54, 1.807) is 25.6 Å². The fourth-order valence-corrected chi connectivity index (χ4v) is 2.45. The first-order valence-corrected chi connectivity index (χ1v) is 7.64. The van der Waals surface area contributed by atoms with Crippen molar-refractivity contribution in [1.29, 1.82) is 0 Å². The van der Waals surface area contributed by atoms with Crippen LogP contribution < -0.4 is 4.74 Å². The Hall–Kier alpha value is -3.20. The number of hydrogen-bond acceptors (Lipinski definition) is 3. The predicted octanol–water partition coefficient (Wildman–Crippen LogP) is 4.65. The van der Waals surface area contributed by atoms with Gasteiger partial charge in [-0.15, -0.1) is 0 Å². The zero-order chi connectivity index (χ0) is 16.8. The number of nitrogens with zero attached hydrogens (tertiary/aromatic N) is 1. The zero-order valence-electron chi connectivity index (χ0n) is 13.3. The van der Waals surface area contributed by atoms with Crippen LogP contribution in [0.1, 0.15) is 15.9 Å². The summed E-state index contributed by atoms with van der Waals surface area (Å²) >= 11 is 0. The van der Waals surface area contributed by atoms with E-state index in [2.05, 4.69) is 4.98 Å². The molecule has 1 heterocycles. The Balaban J connectivity index is 1.86. The first kappa shape index (κ1) is 15.7. The first-order valence-electron chi connectivity index (χ1n) is 7.64. The lowest BCUT2D eigenvalue weighted by atomic mass is 9.98. The Morgan fingerprint density at radius 3 is 2.50 bits per heavy atom. The molecule has 3 rings (SSSR count). The fourth-order valence-electron chi connectivity index (χ4n) is 2.45. The van der Waals surface area contributed by atoms with Crippen molar-refractivity contribution in [2.24, 2.45) is 0 Å². The lowest BCUT2D eigenvalue weighted by Gasteiger charge is -2.06. The van der Waals surface area contributed by atoms with Crippen LogP contribution in [0.5, 0.6) is 5.75 Å². The molecule has 0 spiro atoms. The highest BCUT2D eigenvalue weighted by Crippen LogP contribution is 2.23. The number of allylic oxidation sites excluding steroid dienone is 1. The number of carbonyl (C=O) groups excluding carboxylic acids is 1. The Labute approximate surface area is 141 Å². The topological polar surface area (TPSA) is 39.2 Å². The summed E-state index contributed by atoms with van der Waals surface area (Å²) in [5.41, 5.74) is 3.42. The molecular weight excluding hydrogens is 298 g/mol. The van der Waals surface area contributed by atoms with E-state index < -0.39 is 0 Å². The molecule has 0 bridgehead atoms. The van der Waals surface area contributed by atoms with Crippen LogP contribution in [-0.2, 0) is 0 Å². The highest BCUT2D eigenvalue weighted by molar-refractivity contribution is 6.10. The lowest BCUT2D eigenvalue weighted by molar-refractivity contribution is 0.104. The number of benzene rings is 2. The molecule has 0 aliphatic rings. The molecule has 3 heteroatoms. The maximum Gasteiger partial charge on any atom is 0.186 e. The predicted molar refractivity (Wildman–Crippen MR) is 96.0 cm³/mol. The third-order valence-electron chi connectivity index (χ3n) is 3.71. The zero-order valence-corrected chi connectivity index (χ0v) is 13.3. The molecule has 2 aromatic carbocycles. The SMILES string of the molecule is COc1ccc(/C=C/C(=O)c2ccccc2-c2cccnc2)cc1. The molecule has 118 valence electrons. The largest absolute Gasteiger partial charge is 0.497 e. The summed E-state index contributed by atoms with van der Waals surface area (Å²) in [5, 5.41) is 0. The van der Waals surface area contributed by atoms with Crippen molar-refractivity contribution in [2.75, 3.05) is 7.11 Å². The summed E-state index contributed by atoms with van der Waals surface area (Å²) in [7, 11) is 1.63. The van der Waals surface area contributed by atoms with Crippen molar-refractivity contribution in [3.05, 3.63) is 90.3 Å². The maximum atomic E-state index is 12.6. The van der Waals surface area contributed by atoms with Gasteiger partial charge < -0.3 is 4.74 Å². The van der Waals surface area contributed by atoms with Gasteiger partial charge in [-0.1, -0.05) is 48.5 Å². The average Bonchev–Trinajstić information content (AvgIpc) is 2.67. The second-order valence-corrected chi connectivity index (χ2v) is 5.26. The second-order valence-electron chi connectivity index (χ2n) is 5.26. The van der Waals surface area contributed by atoms with Gasteiger partial charge in [0.05, 0.1) is 7.11 Å². The van der Waals surface area contributed by atoms with Gasteiger partial charge in [-0.25, -0.2) is 0 Å². The third kappa shape index (κ3) is 3.58. The van der Waals surface area contributed by atoms with Crippen LogP contribution >= 0.6 is 0 Å². The number of rotatable bonds is 5. The van der Waals surface area contributed by atoms with Crippen molar-refractivity contribution in [3.63, 3.8) is 0 Å². The van der Waals surface area contributed by atoms with E-state index in [0.717, 1.165) is 22.4 Å². The standard InChI is InChI=1S/C21H17NO2/c1-24-18-11-8-16(9-12-18)10-13-21(23)20-7-3-2-6-19(20)17-5-4-14-22-15-17/h2-15H,1H3/b13-10+. The van der Waals surface area contributed by atoms with Gasteiger partial charge in [0.2, 0.25) is 0 Å². The summed E-state index contributed by atoms with van der Waals surface area (Å²) in [6, 6.07) is 18.9. The second kappa shape index (κ2) is 7.38. The highest BCUT2D eigenvalue weighted by atomic mass is 16.5. The molecule has 24 heavy (non-hydrogen) atoms. The quantitative estimate of drug-likeness (QED) is 0.508. The number of pyridine rings is 1. The van der Waals surface area contributed by atoms with Crippen LogP contribution in [0, 0.1) is 0 Å². The number of hydrogen-bond donors (Lipinski definition) is 0. The molecule has 0 atom stereocenters. The van der Waals surface area contributed by atoms with E-state index >= 15 is 0 Å². The van der Waals surface area contributed by atoms with Crippen LogP contribution in [0.25, 0.3) is 17.2 Å². The Morgan fingerprint density at radius 2 is 1.79 bits per heavy atom. The number of ether oxygens (including phenoxy) is 1. The van der Waals surface area contributed by atoms with Crippen molar-refractivity contribution < 1.29 is 9.53 Å². The van der Waals surface area contributed by atoms with E-state index in [0.29, 0.717) is 5.56 Å². The van der Waals surface area contributed by atoms with Crippen LogP contribution in [0.4, 0.5) is 0 Å². The molecule has 0 saturated carbocycles. The van der Waals surface area contributed by atoms with E-state index in [1.165, 1.54) is 0 Å². The van der Waals surface area contributed by atoms with Gasteiger partial charge in [0.1, 0.15) is 5.75 Å². The van der Waals surface area contributed by atoms with Gasteiger partial charge >= 0.3 is 0 Å². The summed E-state index contributed by atoms with van der Waals surface area (Å²) < 4.78 is 5.13. The summed E-state index contributed by atoms with van der Waals surface area (Å²) in [5.74, 6) is 0.755. The number of methoxy groups -OCH3 is 1. The summed E-state index contributed by atoms with van der Waals surface area (Å²) in [4.78, 5) is 16.7. The minimum atomic E-state index is -0.0368. The smallest absolute Gasteiger partial charge is 0.186 e. The number of ketones is 1. The molecule has 1 aromatic heterocycles. The number of aromatic nitrogens is 1. The van der Waals surface area contributed by atoms with Crippen molar-refractivity contribution in [3.8, 4) is 16.9 Å². The van der Waals surface area contributed by atoms with Crippen LogP contribution in [-0.4, -0.2) is 17.9 Å². The fraction of sp³-hybridized carbons (Fsp3) is 0.0476. The van der Waals surface area contributed by atoms with Crippen molar-refractivity contribution in [2.45, 2.75) is 0 Å². The van der Waals surface area contributed by atoms with Crippen molar-refractivity contribution >= 4 is 11.9 Å². The highest BCUT2D eigenvalue weighted by Gasteiger charge is 2.09. The van der Waals surface area contributed by atoms with Gasteiger partial charge in [-0.2, -0.15) is 0 Å². The Morgan fingerprint density at radius 1 is 1.00 bits per heavy atom. The van der Waals surface area contributed by atoms with Gasteiger partial charge in [-0.3, -0.25) is 9.78 Å². The molecule has 3 aromatic rings. The van der Waals surface area contributed by atoms with E-state index in [9.17, 15) is 4.79 Å². The molecule has 0 N–H and O–H groups in total. The normalized spacial score (nSPS) is 10.7. The maximum absolute atomic E-state index is 12.6. The number of carbonyl (C=O) groups is 1. The Kier molecular flexibility index (Phi) is 4.82. The first-order chi connectivity index (χ1) is 11.8. The molecule has 3 nitrogen and oxygen atoms in total. The van der Waals surface area contributed by atoms with E-state index in [4.69, 9.17) is 4.74 Å². The summed E-state index contributed by atoms with van der Waals surface area (Å²) in [6.07, 6.45) is 6.88. The molecule has 0 aliphatic heterocycles. The molecule has 0 amide bonds. The summed E-state index contributed by atoms with van der Waals surface area (Å²) in [6.45, 7) is 0. The van der Waals surface area contributed by atoms with Crippen LogP contribution in [0.2, 0.25) is 0 Å². The van der Waals surface area contributed by atoms with Gasteiger partial charge in [0.25, 0.3) is 0 Å². The third-order valence-corrected chi connectivity index (χ3v) is 3.71. The minimum Gasteiger partial charge on any atom is -0.497 e. The van der Waals surface area contributed by atoms with Crippen LogP contribution in [0.15, 0.2) is 79.1 Å².